The van der Waals surface area contributed by atoms with Crippen LogP contribution < -0.4 is 10.6 Å². The number of amides is 1. The van der Waals surface area contributed by atoms with Crippen molar-refractivity contribution in [3.8, 4) is 0 Å². The Morgan fingerprint density at radius 3 is 2.86 bits per heavy atom. The minimum Gasteiger partial charge on any atom is -0.348 e. The van der Waals surface area contributed by atoms with Crippen molar-refractivity contribution in [3.63, 3.8) is 0 Å². The summed E-state index contributed by atoms with van der Waals surface area (Å²) in [5.74, 6) is 1.58. The first kappa shape index (κ1) is 15.8. The number of H-pyrrole nitrogens is 1. The van der Waals surface area contributed by atoms with E-state index in [9.17, 15) is 4.79 Å². The van der Waals surface area contributed by atoms with Gasteiger partial charge in [0.05, 0.1) is 0 Å². The molecule has 0 bridgehead atoms. The molecule has 3 aliphatic rings. The normalized spacial score (nSPS) is 27.6. The third kappa shape index (κ3) is 3.01. The number of nitrogens with one attached hydrogen (secondary N) is 3. The van der Waals surface area contributed by atoms with Crippen LogP contribution in [-0.2, 0) is 13.0 Å². The van der Waals surface area contributed by atoms with Gasteiger partial charge < -0.3 is 10.6 Å². The molecular weight excluding hydrogens is 300 g/mol. The molecule has 1 aliphatic heterocycles. The lowest BCUT2D eigenvalue weighted by atomic mass is 9.85. The Labute approximate surface area is 137 Å². The summed E-state index contributed by atoms with van der Waals surface area (Å²) >= 11 is 0. The van der Waals surface area contributed by atoms with Gasteiger partial charge in [-0.25, -0.2) is 0 Å². The van der Waals surface area contributed by atoms with Crippen molar-refractivity contribution in [1.29, 1.82) is 0 Å². The van der Waals surface area contributed by atoms with Crippen LogP contribution in [0.4, 0.5) is 0 Å². The van der Waals surface area contributed by atoms with E-state index in [0.29, 0.717) is 11.7 Å². The summed E-state index contributed by atoms with van der Waals surface area (Å²) in [6, 6.07) is 0.393. The predicted molar refractivity (Wildman–Crippen MR) is 87.2 cm³/mol. The van der Waals surface area contributed by atoms with E-state index in [2.05, 4.69) is 20.8 Å². The number of aromatic nitrogens is 2. The molecule has 0 spiro atoms. The van der Waals surface area contributed by atoms with Crippen LogP contribution in [0, 0.1) is 11.8 Å². The second kappa shape index (κ2) is 6.59. The highest BCUT2D eigenvalue weighted by Crippen LogP contribution is 2.44. The molecule has 0 saturated heterocycles. The van der Waals surface area contributed by atoms with Crippen molar-refractivity contribution < 1.29 is 4.79 Å². The van der Waals surface area contributed by atoms with E-state index in [4.69, 9.17) is 0 Å². The Hall–Kier alpha value is -1.07. The van der Waals surface area contributed by atoms with Crippen molar-refractivity contribution >= 4 is 18.3 Å². The monoisotopic (exact) mass is 324 g/mol. The number of aromatic amines is 1. The Kier molecular flexibility index (Phi) is 4.73. The van der Waals surface area contributed by atoms with E-state index in [1.165, 1.54) is 38.5 Å². The minimum absolute atomic E-state index is 0. The lowest BCUT2D eigenvalue weighted by molar-refractivity contribution is 0.0940. The number of hydrogen-bond acceptors (Lipinski definition) is 3. The number of nitrogens with zero attached hydrogens (tertiary/aromatic N) is 1. The molecule has 5 nitrogen and oxygen atoms in total. The largest absolute Gasteiger partial charge is 0.348 e. The quantitative estimate of drug-likeness (QED) is 0.798. The average molecular weight is 325 g/mol. The molecular formula is C16H25ClN4O. The van der Waals surface area contributed by atoms with E-state index < -0.39 is 0 Å². The van der Waals surface area contributed by atoms with Crippen LogP contribution in [0.1, 0.15) is 60.3 Å². The van der Waals surface area contributed by atoms with Crippen LogP contribution in [0.25, 0.3) is 0 Å². The number of carbonyl (C=O) groups excluding carboxylic acids is 1. The molecule has 4 rings (SSSR count). The van der Waals surface area contributed by atoms with Crippen molar-refractivity contribution in [2.24, 2.45) is 11.8 Å². The SMILES string of the molecule is Cl.O=C(NC1CC1C1CCCCC1)c1n[nH]c2c1CNCC2. The zero-order valence-corrected chi connectivity index (χ0v) is 13.7. The van der Waals surface area contributed by atoms with E-state index in [0.717, 1.165) is 42.6 Å². The van der Waals surface area contributed by atoms with Gasteiger partial charge in [0.2, 0.25) is 0 Å². The van der Waals surface area contributed by atoms with Crippen molar-refractivity contribution in [2.45, 2.75) is 57.5 Å². The lowest BCUT2D eigenvalue weighted by Gasteiger charge is -2.21. The summed E-state index contributed by atoms with van der Waals surface area (Å²) in [6.07, 6.45) is 8.97. The highest BCUT2D eigenvalue weighted by molar-refractivity contribution is 5.94. The topological polar surface area (TPSA) is 69.8 Å². The molecule has 2 atom stereocenters. The molecule has 122 valence electrons. The van der Waals surface area contributed by atoms with Crippen LogP contribution >= 0.6 is 12.4 Å². The number of rotatable bonds is 3. The van der Waals surface area contributed by atoms with Crippen LogP contribution in [-0.4, -0.2) is 28.7 Å². The summed E-state index contributed by atoms with van der Waals surface area (Å²) in [5, 5.41) is 13.8. The molecule has 1 aromatic heterocycles. The molecule has 2 aliphatic carbocycles. The summed E-state index contributed by atoms with van der Waals surface area (Å²) in [7, 11) is 0. The van der Waals surface area contributed by atoms with Gasteiger partial charge in [0.1, 0.15) is 0 Å². The highest BCUT2D eigenvalue weighted by atomic mass is 35.5. The second-order valence-corrected chi connectivity index (χ2v) is 6.83. The number of halogens is 1. The molecule has 0 aromatic carbocycles. The molecule has 22 heavy (non-hydrogen) atoms. The molecule has 2 saturated carbocycles. The Bertz CT molecular complexity index is 538. The van der Waals surface area contributed by atoms with Gasteiger partial charge in [-0.1, -0.05) is 32.1 Å². The number of hydrogen-bond donors (Lipinski definition) is 3. The second-order valence-electron chi connectivity index (χ2n) is 6.83. The zero-order valence-electron chi connectivity index (χ0n) is 12.9. The smallest absolute Gasteiger partial charge is 0.272 e. The number of carbonyl (C=O) groups is 1. The van der Waals surface area contributed by atoms with Crippen LogP contribution in [0.5, 0.6) is 0 Å². The first-order chi connectivity index (χ1) is 10.3. The summed E-state index contributed by atoms with van der Waals surface area (Å²) in [4.78, 5) is 12.4. The van der Waals surface area contributed by atoms with Crippen LogP contribution in [0.15, 0.2) is 0 Å². The first-order valence-corrected chi connectivity index (χ1v) is 8.40. The molecule has 1 amide bonds. The van der Waals surface area contributed by atoms with Gasteiger partial charge in [0, 0.05) is 36.8 Å². The van der Waals surface area contributed by atoms with E-state index in [1.807, 2.05) is 0 Å². The average Bonchev–Trinajstić information content (AvgIpc) is 3.15. The van der Waals surface area contributed by atoms with Gasteiger partial charge in [-0.15, -0.1) is 12.4 Å². The Morgan fingerprint density at radius 2 is 2.05 bits per heavy atom. The van der Waals surface area contributed by atoms with Gasteiger partial charge in [-0.3, -0.25) is 9.89 Å². The maximum absolute atomic E-state index is 12.4. The van der Waals surface area contributed by atoms with Gasteiger partial charge in [-0.2, -0.15) is 5.10 Å². The predicted octanol–water partition coefficient (Wildman–Crippen LogP) is 2.18. The zero-order chi connectivity index (χ0) is 14.2. The fourth-order valence-electron chi connectivity index (χ4n) is 4.11. The van der Waals surface area contributed by atoms with Gasteiger partial charge >= 0.3 is 0 Å². The minimum atomic E-state index is 0. The van der Waals surface area contributed by atoms with Gasteiger partial charge in [-0.05, 0) is 18.3 Å². The fraction of sp³-hybridized carbons (Fsp3) is 0.750. The maximum Gasteiger partial charge on any atom is 0.272 e. The van der Waals surface area contributed by atoms with E-state index in [-0.39, 0.29) is 18.3 Å². The third-order valence-corrected chi connectivity index (χ3v) is 5.43. The Balaban J connectivity index is 0.00000144. The lowest BCUT2D eigenvalue weighted by Crippen LogP contribution is -2.31. The summed E-state index contributed by atoms with van der Waals surface area (Å²) in [5.41, 5.74) is 2.79. The first-order valence-electron chi connectivity index (χ1n) is 8.40. The molecule has 2 unspecified atom stereocenters. The van der Waals surface area contributed by atoms with E-state index in [1.54, 1.807) is 0 Å². The maximum atomic E-state index is 12.4. The summed E-state index contributed by atoms with van der Waals surface area (Å²) < 4.78 is 0. The van der Waals surface area contributed by atoms with Crippen molar-refractivity contribution in [1.82, 2.24) is 20.8 Å². The van der Waals surface area contributed by atoms with E-state index >= 15 is 0 Å². The van der Waals surface area contributed by atoms with Crippen LogP contribution in [0.2, 0.25) is 0 Å². The van der Waals surface area contributed by atoms with Crippen molar-refractivity contribution in [2.75, 3.05) is 6.54 Å². The van der Waals surface area contributed by atoms with Gasteiger partial charge in [0.25, 0.3) is 5.91 Å². The van der Waals surface area contributed by atoms with Crippen molar-refractivity contribution in [3.05, 3.63) is 17.0 Å². The van der Waals surface area contributed by atoms with Gasteiger partial charge in [0.15, 0.2) is 5.69 Å². The van der Waals surface area contributed by atoms with Crippen LogP contribution in [0.3, 0.4) is 0 Å². The summed E-state index contributed by atoms with van der Waals surface area (Å²) in [6.45, 7) is 1.72. The highest BCUT2D eigenvalue weighted by Gasteiger charge is 2.44. The molecule has 2 heterocycles. The number of fused-ring (bicyclic) bond motifs is 1. The third-order valence-electron chi connectivity index (χ3n) is 5.43. The molecule has 3 N–H and O–H groups in total. The molecule has 0 radical (unpaired) electrons. The fourth-order valence-corrected chi connectivity index (χ4v) is 4.11. The molecule has 2 fully saturated rings. The molecule has 6 heteroatoms. The Morgan fingerprint density at radius 1 is 1.23 bits per heavy atom. The standard InChI is InChI=1S/C16H24N4O.ClH/c21-16(15-12-9-17-7-6-13(12)19-20-15)18-14-8-11(14)10-4-2-1-3-5-10;/h10-11,14,17H,1-9H2,(H,18,21)(H,19,20);1H. The molecule has 1 aromatic rings.